The van der Waals surface area contributed by atoms with Gasteiger partial charge in [0.1, 0.15) is 23.6 Å². The van der Waals surface area contributed by atoms with Crippen LogP contribution < -0.4 is 9.64 Å². The Morgan fingerprint density at radius 3 is 2.10 bits per heavy atom. The predicted molar refractivity (Wildman–Crippen MR) is 117 cm³/mol. The van der Waals surface area contributed by atoms with Crippen molar-refractivity contribution in [2.75, 3.05) is 19.0 Å². The van der Waals surface area contributed by atoms with E-state index in [1.54, 1.807) is 48.6 Å². The number of carbonyl (C=O) groups excluding carboxylic acids is 1. The molecule has 3 aromatic carbocycles. The smallest absolute Gasteiger partial charge is 0.185 e. The summed E-state index contributed by atoms with van der Waals surface area (Å²) in [4.78, 5) is 14.4. The summed E-state index contributed by atoms with van der Waals surface area (Å²) >= 11 is 0. The van der Waals surface area contributed by atoms with Gasteiger partial charge in [-0.3, -0.25) is 4.79 Å². The van der Waals surface area contributed by atoms with Crippen LogP contribution in [-0.4, -0.2) is 19.9 Å². The fourth-order valence-electron chi connectivity index (χ4n) is 2.75. The molecule has 0 heterocycles. The van der Waals surface area contributed by atoms with E-state index in [0.717, 1.165) is 11.3 Å². The standard InChI is InChI=1S/C25H19N3O2/c1-28(2)22-9-3-18(4-10-22)5-14-25(29)19-6-11-23(12-7-19)30-24-13-8-20(16-26)21(15-24)17-27/h3-15H,1-2H3/b14-5+. The topological polar surface area (TPSA) is 77.1 Å². The van der Waals surface area contributed by atoms with Gasteiger partial charge in [0.15, 0.2) is 5.78 Å². The minimum atomic E-state index is -0.108. The highest BCUT2D eigenvalue weighted by Gasteiger charge is 2.06. The van der Waals surface area contributed by atoms with Crippen molar-refractivity contribution >= 4 is 17.5 Å². The maximum atomic E-state index is 12.4. The lowest BCUT2D eigenvalue weighted by molar-refractivity contribution is 0.104. The van der Waals surface area contributed by atoms with Crippen molar-refractivity contribution in [3.8, 4) is 23.6 Å². The largest absolute Gasteiger partial charge is 0.457 e. The summed E-state index contributed by atoms with van der Waals surface area (Å²) in [5.74, 6) is 0.873. The number of hydrogen-bond donors (Lipinski definition) is 0. The first-order valence-electron chi connectivity index (χ1n) is 9.22. The van der Waals surface area contributed by atoms with Crippen LogP contribution in [0.3, 0.4) is 0 Å². The fourth-order valence-corrected chi connectivity index (χ4v) is 2.75. The third-order valence-electron chi connectivity index (χ3n) is 4.44. The van der Waals surface area contributed by atoms with E-state index in [4.69, 9.17) is 15.3 Å². The highest BCUT2D eigenvalue weighted by Crippen LogP contribution is 2.24. The molecular formula is C25H19N3O2. The van der Waals surface area contributed by atoms with Crippen molar-refractivity contribution in [3.63, 3.8) is 0 Å². The Morgan fingerprint density at radius 1 is 0.867 bits per heavy atom. The summed E-state index contributed by atoms with van der Waals surface area (Å²) < 4.78 is 5.72. The Labute approximate surface area is 175 Å². The van der Waals surface area contributed by atoms with Gasteiger partial charge in [-0.2, -0.15) is 10.5 Å². The van der Waals surface area contributed by atoms with Crippen LogP contribution in [0.2, 0.25) is 0 Å². The average molecular weight is 393 g/mol. The summed E-state index contributed by atoms with van der Waals surface area (Å²) in [5.41, 5.74) is 3.14. The number of anilines is 1. The van der Waals surface area contributed by atoms with Crippen molar-refractivity contribution in [2.45, 2.75) is 0 Å². The molecule has 5 nitrogen and oxygen atoms in total. The minimum Gasteiger partial charge on any atom is -0.457 e. The number of benzene rings is 3. The molecule has 5 heteroatoms. The van der Waals surface area contributed by atoms with E-state index in [2.05, 4.69) is 0 Å². The third kappa shape index (κ3) is 4.92. The molecule has 0 N–H and O–H groups in total. The molecule has 0 unspecified atom stereocenters. The van der Waals surface area contributed by atoms with E-state index in [1.807, 2.05) is 55.4 Å². The second kappa shape index (κ2) is 9.23. The summed E-state index contributed by atoms with van der Waals surface area (Å²) in [6.45, 7) is 0. The first kappa shape index (κ1) is 20.4. The summed E-state index contributed by atoms with van der Waals surface area (Å²) in [6.07, 6.45) is 3.33. The van der Waals surface area contributed by atoms with E-state index in [9.17, 15) is 4.79 Å². The zero-order valence-electron chi connectivity index (χ0n) is 16.7. The van der Waals surface area contributed by atoms with Crippen molar-refractivity contribution in [1.82, 2.24) is 0 Å². The third-order valence-corrected chi connectivity index (χ3v) is 4.44. The molecule has 0 fully saturated rings. The molecule has 0 aromatic heterocycles. The molecule has 0 radical (unpaired) electrons. The highest BCUT2D eigenvalue weighted by molar-refractivity contribution is 6.06. The summed E-state index contributed by atoms with van der Waals surface area (Å²) in [6, 6.07) is 23.3. The number of rotatable bonds is 6. The van der Waals surface area contributed by atoms with E-state index < -0.39 is 0 Å². The molecule has 0 aliphatic carbocycles. The average Bonchev–Trinajstić information content (AvgIpc) is 2.78. The van der Waals surface area contributed by atoms with E-state index in [0.29, 0.717) is 22.6 Å². The monoisotopic (exact) mass is 393 g/mol. The maximum Gasteiger partial charge on any atom is 0.185 e. The van der Waals surface area contributed by atoms with Gasteiger partial charge in [0.05, 0.1) is 11.1 Å². The molecule has 0 amide bonds. The molecule has 30 heavy (non-hydrogen) atoms. The molecule has 0 aliphatic heterocycles. The number of ether oxygens (including phenoxy) is 1. The van der Waals surface area contributed by atoms with Crippen LogP contribution in [0.4, 0.5) is 5.69 Å². The Hall–Kier alpha value is -4.35. The first-order valence-corrected chi connectivity index (χ1v) is 9.22. The number of nitriles is 2. The molecule has 3 aromatic rings. The number of hydrogen-bond acceptors (Lipinski definition) is 5. The van der Waals surface area contributed by atoms with E-state index in [1.165, 1.54) is 6.07 Å². The van der Waals surface area contributed by atoms with Gasteiger partial charge >= 0.3 is 0 Å². The van der Waals surface area contributed by atoms with Crippen molar-refractivity contribution in [1.29, 1.82) is 10.5 Å². The molecule has 3 rings (SSSR count). The summed E-state index contributed by atoms with van der Waals surface area (Å²) in [7, 11) is 3.96. The van der Waals surface area contributed by atoms with Gasteiger partial charge in [0.2, 0.25) is 0 Å². The second-order valence-corrected chi connectivity index (χ2v) is 6.74. The predicted octanol–water partition coefficient (Wildman–Crippen LogP) is 5.18. The number of ketones is 1. The lowest BCUT2D eigenvalue weighted by Gasteiger charge is -2.11. The van der Waals surface area contributed by atoms with Crippen LogP contribution >= 0.6 is 0 Å². The zero-order chi connectivity index (χ0) is 21.5. The quantitative estimate of drug-likeness (QED) is 0.426. The molecule has 0 atom stereocenters. The fraction of sp³-hybridized carbons (Fsp3) is 0.0800. The van der Waals surface area contributed by atoms with Crippen molar-refractivity contribution in [2.24, 2.45) is 0 Å². The van der Waals surface area contributed by atoms with Gasteiger partial charge in [-0.05, 0) is 66.2 Å². The number of carbonyl (C=O) groups is 1. The lowest BCUT2D eigenvalue weighted by Crippen LogP contribution is -2.07. The SMILES string of the molecule is CN(C)c1ccc(/C=C/C(=O)c2ccc(Oc3ccc(C#N)c(C#N)c3)cc2)cc1. The van der Waals surface area contributed by atoms with Crippen LogP contribution in [0, 0.1) is 22.7 Å². The Balaban J connectivity index is 1.67. The van der Waals surface area contributed by atoms with E-state index in [-0.39, 0.29) is 11.3 Å². The van der Waals surface area contributed by atoms with Gasteiger partial charge in [-0.15, -0.1) is 0 Å². The zero-order valence-corrected chi connectivity index (χ0v) is 16.7. The molecule has 0 aliphatic rings. The number of allylic oxidation sites excluding steroid dienone is 1. The Kier molecular flexibility index (Phi) is 6.27. The van der Waals surface area contributed by atoms with Gasteiger partial charge in [-0.25, -0.2) is 0 Å². The Morgan fingerprint density at radius 2 is 1.50 bits per heavy atom. The Bertz CT molecular complexity index is 1160. The normalized spacial score (nSPS) is 10.3. The van der Waals surface area contributed by atoms with E-state index >= 15 is 0 Å². The molecule has 0 spiro atoms. The number of nitrogens with zero attached hydrogens (tertiary/aromatic N) is 3. The van der Waals surface area contributed by atoms with Crippen molar-refractivity contribution < 1.29 is 9.53 Å². The molecular weight excluding hydrogens is 374 g/mol. The van der Waals surface area contributed by atoms with Crippen LogP contribution in [0.15, 0.2) is 72.8 Å². The minimum absolute atomic E-state index is 0.108. The maximum absolute atomic E-state index is 12.4. The first-order chi connectivity index (χ1) is 14.5. The van der Waals surface area contributed by atoms with Crippen molar-refractivity contribution in [3.05, 3.63) is 95.1 Å². The molecule has 0 saturated heterocycles. The van der Waals surface area contributed by atoms with Gasteiger partial charge < -0.3 is 9.64 Å². The van der Waals surface area contributed by atoms with Crippen LogP contribution in [-0.2, 0) is 0 Å². The van der Waals surface area contributed by atoms with Gasteiger partial charge in [0, 0.05) is 25.3 Å². The van der Waals surface area contributed by atoms with Gasteiger partial charge in [0.25, 0.3) is 0 Å². The molecule has 0 saturated carbocycles. The van der Waals surface area contributed by atoms with Crippen LogP contribution in [0.25, 0.3) is 6.08 Å². The highest BCUT2D eigenvalue weighted by atomic mass is 16.5. The lowest BCUT2D eigenvalue weighted by atomic mass is 10.1. The van der Waals surface area contributed by atoms with Gasteiger partial charge in [-0.1, -0.05) is 18.2 Å². The van der Waals surface area contributed by atoms with Crippen LogP contribution in [0.1, 0.15) is 27.0 Å². The second-order valence-electron chi connectivity index (χ2n) is 6.74. The summed E-state index contributed by atoms with van der Waals surface area (Å²) in [5, 5.41) is 18.1. The molecule has 0 bridgehead atoms. The van der Waals surface area contributed by atoms with Crippen LogP contribution in [0.5, 0.6) is 11.5 Å². The molecule has 146 valence electrons.